The van der Waals surface area contributed by atoms with Crippen LogP contribution in [-0.2, 0) is 0 Å². The van der Waals surface area contributed by atoms with E-state index in [0.29, 0.717) is 17.0 Å². The van der Waals surface area contributed by atoms with Gasteiger partial charge in [-0.15, -0.1) is 0 Å². The first-order valence-electron chi connectivity index (χ1n) is 6.04. The number of halogens is 1. The Morgan fingerprint density at radius 1 is 1.50 bits per heavy atom. The number of nitrogens with one attached hydrogen (secondary N) is 1. The van der Waals surface area contributed by atoms with Crippen LogP contribution in [0.1, 0.15) is 25.8 Å². The summed E-state index contributed by atoms with van der Waals surface area (Å²) in [7, 11) is 0. The van der Waals surface area contributed by atoms with Crippen LogP contribution in [0.5, 0.6) is 0 Å². The number of hydrogen-bond donors (Lipinski definition) is 1. The van der Waals surface area contributed by atoms with E-state index in [4.69, 9.17) is 5.26 Å². The second-order valence-corrected chi connectivity index (χ2v) is 7.47. The molecule has 1 atom stereocenters. The minimum absolute atomic E-state index is 0.374. The Morgan fingerprint density at radius 3 is 2.94 bits per heavy atom. The van der Waals surface area contributed by atoms with Gasteiger partial charge in [-0.05, 0) is 35.8 Å². The van der Waals surface area contributed by atoms with E-state index in [9.17, 15) is 0 Å². The van der Waals surface area contributed by atoms with Crippen molar-refractivity contribution in [2.45, 2.75) is 26.3 Å². The molecule has 18 heavy (non-hydrogen) atoms. The number of rotatable bonds is 2. The maximum Gasteiger partial charge on any atom is 0.101 e. The predicted octanol–water partition coefficient (Wildman–Crippen LogP) is 4.26. The highest BCUT2D eigenvalue weighted by molar-refractivity contribution is 9.10. The maximum atomic E-state index is 9.13. The van der Waals surface area contributed by atoms with E-state index in [0.717, 1.165) is 22.3 Å². The average molecular weight is 325 g/mol. The van der Waals surface area contributed by atoms with E-state index >= 15 is 0 Å². The van der Waals surface area contributed by atoms with Crippen LogP contribution in [0.2, 0.25) is 0 Å². The lowest BCUT2D eigenvalue weighted by atomic mass is 9.87. The average Bonchev–Trinajstić information content (AvgIpc) is 2.28. The van der Waals surface area contributed by atoms with E-state index in [1.807, 2.05) is 30.0 Å². The summed E-state index contributed by atoms with van der Waals surface area (Å²) in [5, 5.41) is 12.7. The van der Waals surface area contributed by atoms with Crippen molar-refractivity contribution in [2.75, 3.05) is 16.8 Å². The van der Waals surface area contributed by atoms with Crippen LogP contribution in [0.15, 0.2) is 22.7 Å². The van der Waals surface area contributed by atoms with Crippen LogP contribution in [0, 0.1) is 16.7 Å². The first kappa shape index (κ1) is 13.8. The molecule has 1 aliphatic rings. The summed E-state index contributed by atoms with van der Waals surface area (Å²) in [4.78, 5) is 0. The van der Waals surface area contributed by atoms with Gasteiger partial charge in [0.1, 0.15) is 6.07 Å². The molecule has 1 fully saturated rings. The molecule has 4 heteroatoms. The van der Waals surface area contributed by atoms with E-state index in [-0.39, 0.29) is 0 Å². The second-order valence-electron chi connectivity index (χ2n) is 5.53. The molecule has 1 aliphatic heterocycles. The van der Waals surface area contributed by atoms with Crippen LogP contribution in [-0.4, -0.2) is 17.5 Å². The standard InChI is InChI=1S/C14H17BrN2S/c1-14(2)6-12(8-18-9-14)17-13-5-11(15)4-3-10(13)7-16/h3-5,12,17H,6,8-9H2,1-2H3. The lowest BCUT2D eigenvalue weighted by Gasteiger charge is -2.35. The second kappa shape index (κ2) is 5.54. The van der Waals surface area contributed by atoms with Gasteiger partial charge in [-0.25, -0.2) is 0 Å². The molecule has 0 spiro atoms. The highest BCUT2D eigenvalue weighted by Crippen LogP contribution is 2.35. The van der Waals surface area contributed by atoms with Crippen molar-refractivity contribution in [3.63, 3.8) is 0 Å². The molecule has 1 saturated heterocycles. The largest absolute Gasteiger partial charge is 0.380 e. The Labute approximate surface area is 121 Å². The fraction of sp³-hybridized carbons (Fsp3) is 0.500. The van der Waals surface area contributed by atoms with Gasteiger partial charge in [0.15, 0.2) is 0 Å². The van der Waals surface area contributed by atoms with Gasteiger partial charge >= 0.3 is 0 Å². The van der Waals surface area contributed by atoms with Gasteiger partial charge in [0.05, 0.1) is 11.3 Å². The van der Waals surface area contributed by atoms with E-state index < -0.39 is 0 Å². The van der Waals surface area contributed by atoms with Crippen molar-refractivity contribution in [3.05, 3.63) is 28.2 Å². The van der Waals surface area contributed by atoms with Crippen molar-refractivity contribution in [3.8, 4) is 6.07 Å². The highest BCUT2D eigenvalue weighted by atomic mass is 79.9. The SMILES string of the molecule is CC1(C)CSCC(Nc2cc(Br)ccc2C#N)C1. The molecule has 96 valence electrons. The van der Waals surface area contributed by atoms with Crippen LogP contribution in [0.4, 0.5) is 5.69 Å². The predicted molar refractivity (Wildman–Crippen MR) is 82.0 cm³/mol. The van der Waals surface area contributed by atoms with Gasteiger partial charge in [0.2, 0.25) is 0 Å². The van der Waals surface area contributed by atoms with Gasteiger partial charge in [0.25, 0.3) is 0 Å². The summed E-state index contributed by atoms with van der Waals surface area (Å²) in [6.07, 6.45) is 1.15. The van der Waals surface area contributed by atoms with Crippen LogP contribution < -0.4 is 5.32 Å². The van der Waals surface area contributed by atoms with Crippen molar-refractivity contribution >= 4 is 33.4 Å². The van der Waals surface area contributed by atoms with Gasteiger partial charge < -0.3 is 5.32 Å². The molecule has 0 radical (unpaired) electrons. The van der Waals surface area contributed by atoms with E-state index in [2.05, 4.69) is 41.2 Å². The summed E-state index contributed by atoms with van der Waals surface area (Å²) in [6.45, 7) is 4.61. The zero-order chi connectivity index (χ0) is 13.2. The van der Waals surface area contributed by atoms with Crippen LogP contribution in [0.25, 0.3) is 0 Å². The number of anilines is 1. The van der Waals surface area contributed by atoms with E-state index in [1.165, 1.54) is 5.75 Å². The zero-order valence-electron chi connectivity index (χ0n) is 10.7. The smallest absolute Gasteiger partial charge is 0.101 e. The van der Waals surface area contributed by atoms with Gasteiger partial charge in [-0.1, -0.05) is 29.8 Å². The third kappa shape index (κ3) is 3.43. The normalized spacial score (nSPS) is 22.2. The first-order valence-corrected chi connectivity index (χ1v) is 7.99. The Hall–Kier alpha value is -0.660. The van der Waals surface area contributed by atoms with Crippen molar-refractivity contribution in [1.29, 1.82) is 5.26 Å². The maximum absolute atomic E-state index is 9.13. The summed E-state index contributed by atoms with van der Waals surface area (Å²) < 4.78 is 1.01. The third-order valence-corrected chi connectivity index (χ3v) is 5.19. The topological polar surface area (TPSA) is 35.8 Å². The minimum Gasteiger partial charge on any atom is -0.380 e. The van der Waals surface area contributed by atoms with Gasteiger partial charge in [-0.2, -0.15) is 17.0 Å². The van der Waals surface area contributed by atoms with Crippen molar-refractivity contribution in [1.82, 2.24) is 0 Å². The summed E-state index contributed by atoms with van der Waals surface area (Å²) in [6, 6.07) is 8.44. The lowest BCUT2D eigenvalue weighted by Crippen LogP contribution is -2.35. The molecule has 0 aromatic heterocycles. The van der Waals surface area contributed by atoms with Crippen LogP contribution in [0.3, 0.4) is 0 Å². The molecule has 0 bridgehead atoms. The highest BCUT2D eigenvalue weighted by Gasteiger charge is 2.28. The van der Waals surface area contributed by atoms with Gasteiger partial charge in [-0.3, -0.25) is 0 Å². The first-order chi connectivity index (χ1) is 8.50. The number of hydrogen-bond acceptors (Lipinski definition) is 3. The molecule has 2 nitrogen and oxygen atoms in total. The Balaban J connectivity index is 2.14. The quantitative estimate of drug-likeness (QED) is 0.882. The molecule has 0 aliphatic carbocycles. The molecule has 1 N–H and O–H groups in total. The number of nitrogens with zero attached hydrogens (tertiary/aromatic N) is 1. The third-order valence-electron chi connectivity index (χ3n) is 3.07. The monoisotopic (exact) mass is 324 g/mol. The number of benzene rings is 1. The number of nitriles is 1. The molecule has 1 unspecified atom stereocenters. The molecule has 1 aromatic carbocycles. The summed E-state index contributed by atoms with van der Waals surface area (Å²) in [5.41, 5.74) is 2.03. The fourth-order valence-electron chi connectivity index (χ4n) is 2.31. The zero-order valence-corrected chi connectivity index (χ0v) is 13.1. The molecule has 1 heterocycles. The minimum atomic E-state index is 0.374. The molecule has 0 saturated carbocycles. The van der Waals surface area contributed by atoms with Crippen molar-refractivity contribution in [2.24, 2.45) is 5.41 Å². The molecule has 0 amide bonds. The Kier molecular flexibility index (Phi) is 4.24. The summed E-state index contributed by atoms with van der Waals surface area (Å²) >= 11 is 5.45. The Bertz CT molecular complexity index is 479. The molecule has 1 aromatic rings. The molecular formula is C14H17BrN2S. The van der Waals surface area contributed by atoms with E-state index in [1.54, 1.807) is 0 Å². The molecular weight excluding hydrogens is 308 g/mol. The van der Waals surface area contributed by atoms with Crippen molar-refractivity contribution < 1.29 is 0 Å². The number of thioether (sulfide) groups is 1. The Morgan fingerprint density at radius 2 is 2.28 bits per heavy atom. The molecule has 2 rings (SSSR count). The van der Waals surface area contributed by atoms with Gasteiger partial charge in [0, 0.05) is 16.3 Å². The lowest BCUT2D eigenvalue weighted by molar-refractivity contribution is 0.358. The summed E-state index contributed by atoms with van der Waals surface area (Å²) in [5.74, 6) is 2.33. The van der Waals surface area contributed by atoms with Crippen LogP contribution >= 0.6 is 27.7 Å². The fourth-order valence-corrected chi connectivity index (χ4v) is 3.94.